The quantitative estimate of drug-likeness (QED) is 0.838. The third kappa shape index (κ3) is 1.58. The summed E-state index contributed by atoms with van der Waals surface area (Å²) in [6.07, 6.45) is 0. The van der Waals surface area contributed by atoms with E-state index in [0.29, 0.717) is 5.58 Å². The van der Waals surface area contributed by atoms with Gasteiger partial charge in [-0.1, -0.05) is 25.5 Å². The van der Waals surface area contributed by atoms with Gasteiger partial charge in [-0.25, -0.2) is 4.79 Å². The van der Waals surface area contributed by atoms with Crippen LogP contribution in [0.1, 0.15) is 41.4 Å². The van der Waals surface area contributed by atoms with Crippen LogP contribution in [0.3, 0.4) is 0 Å². The molecule has 3 nitrogen and oxygen atoms in total. The van der Waals surface area contributed by atoms with E-state index in [0.717, 1.165) is 16.5 Å². The van der Waals surface area contributed by atoms with E-state index < -0.39 is 5.97 Å². The Labute approximate surface area is 93.7 Å². The van der Waals surface area contributed by atoms with Crippen LogP contribution in [-0.4, -0.2) is 11.1 Å². The molecule has 0 amide bonds. The maximum atomic E-state index is 11.1. The van der Waals surface area contributed by atoms with Gasteiger partial charge in [-0.3, -0.25) is 0 Å². The van der Waals surface area contributed by atoms with E-state index >= 15 is 0 Å². The fourth-order valence-electron chi connectivity index (χ4n) is 1.96. The lowest BCUT2D eigenvalue weighted by Gasteiger charge is -2.03. The molecule has 1 aromatic heterocycles. The van der Waals surface area contributed by atoms with E-state index in [1.54, 1.807) is 0 Å². The fraction of sp³-hybridized carbons (Fsp3) is 0.308. The van der Waals surface area contributed by atoms with Crippen LogP contribution in [0.15, 0.2) is 22.6 Å². The Balaban J connectivity index is 2.82. The first kappa shape index (κ1) is 10.7. The first-order valence-electron chi connectivity index (χ1n) is 5.27. The lowest BCUT2D eigenvalue weighted by atomic mass is 9.98. The Bertz CT molecular complexity index is 550. The van der Waals surface area contributed by atoms with Gasteiger partial charge in [0, 0.05) is 10.9 Å². The third-order valence-corrected chi connectivity index (χ3v) is 2.65. The van der Waals surface area contributed by atoms with Crippen molar-refractivity contribution in [2.24, 2.45) is 0 Å². The van der Waals surface area contributed by atoms with Gasteiger partial charge in [0.05, 0.1) is 0 Å². The molecule has 0 aliphatic heterocycles. The van der Waals surface area contributed by atoms with Crippen molar-refractivity contribution in [1.29, 1.82) is 0 Å². The second kappa shape index (κ2) is 3.67. The summed E-state index contributed by atoms with van der Waals surface area (Å²) in [6, 6.07) is 5.71. The third-order valence-electron chi connectivity index (χ3n) is 2.65. The highest BCUT2D eigenvalue weighted by molar-refractivity contribution is 5.95. The Morgan fingerprint density at radius 1 is 1.38 bits per heavy atom. The molecule has 16 heavy (non-hydrogen) atoms. The number of hydrogen-bond acceptors (Lipinski definition) is 2. The van der Waals surface area contributed by atoms with E-state index in [9.17, 15) is 4.79 Å². The van der Waals surface area contributed by atoms with Crippen molar-refractivity contribution >= 4 is 16.9 Å². The molecule has 1 aromatic carbocycles. The number of carboxylic acids is 1. The summed E-state index contributed by atoms with van der Waals surface area (Å²) in [5.41, 5.74) is 2.53. The Morgan fingerprint density at radius 2 is 2.06 bits per heavy atom. The maximum Gasteiger partial charge on any atom is 0.372 e. The standard InChI is InChI=1S/C13H14O3/c1-7(2)11-9-6-8(3)4-5-10(9)16-12(11)13(14)15/h4-7H,1-3H3,(H,14,15). The number of aryl methyl sites for hydroxylation is 1. The van der Waals surface area contributed by atoms with Crippen molar-refractivity contribution in [3.63, 3.8) is 0 Å². The van der Waals surface area contributed by atoms with E-state index in [2.05, 4.69) is 0 Å². The number of carbonyl (C=O) groups is 1. The zero-order chi connectivity index (χ0) is 11.9. The highest BCUT2D eigenvalue weighted by atomic mass is 16.4. The Kier molecular flexibility index (Phi) is 2.46. The number of rotatable bonds is 2. The molecule has 0 bridgehead atoms. The van der Waals surface area contributed by atoms with Gasteiger partial charge in [0.1, 0.15) is 5.58 Å². The molecule has 0 fully saturated rings. The fourth-order valence-corrected chi connectivity index (χ4v) is 1.96. The van der Waals surface area contributed by atoms with Crippen LogP contribution in [0.2, 0.25) is 0 Å². The summed E-state index contributed by atoms with van der Waals surface area (Å²) < 4.78 is 5.38. The molecule has 0 spiro atoms. The molecule has 0 saturated carbocycles. The molecule has 1 heterocycles. The van der Waals surface area contributed by atoms with Gasteiger partial charge in [0.2, 0.25) is 5.76 Å². The molecule has 84 valence electrons. The highest BCUT2D eigenvalue weighted by Gasteiger charge is 2.21. The summed E-state index contributed by atoms with van der Waals surface area (Å²) in [5, 5.41) is 10.0. The van der Waals surface area contributed by atoms with Crippen LogP contribution in [0.4, 0.5) is 0 Å². The minimum atomic E-state index is -1.00. The second-order valence-electron chi connectivity index (χ2n) is 4.30. The Morgan fingerprint density at radius 3 is 2.62 bits per heavy atom. The van der Waals surface area contributed by atoms with Gasteiger partial charge in [0.15, 0.2) is 0 Å². The van der Waals surface area contributed by atoms with Gasteiger partial charge < -0.3 is 9.52 Å². The first-order chi connectivity index (χ1) is 7.50. The van der Waals surface area contributed by atoms with Gasteiger partial charge in [-0.05, 0) is 25.0 Å². The number of carboxylic acid groups (broad SMARTS) is 1. The molecular weight excluding hydrogens is 204 g/mol. The van der Waals surface area contributed by atoms with E-state index in [1.807, 2.05) is 39.0 Å². The van der Waals surface area contributed by atoms with Crippen molar-refractivity contribution in [1.82, 2.24) is 0 Å². The number of benzene rings is 1. The van der Waals surface area contributed by atoms with Gasteiger partial charge >= 0.3 is 5.97 Å². The second-order valence-corrected chi connectivity index (χ2v) is 4.30. The van der Waals surface area contributed by atoms with Crippen LogP contribution >= 0.6 is 0 Å². The molecule has 0 aliphatic carbocycles. The number of fused-ring (bicyclic) bond motifs is 1. The SMILES string of the molecule is Cc1ccc2oc(C(=O)O)c(C(C)C)c2c1. The largest absolute Gasteiger partial charge is 0.475 e. The molecule has 2 rings (SSSR count). The van der Waals surface area contributed by atoms with Crippen LogP contribution in [0.25, 0.3) is 11.0 Å². The zero-order valence-corrected chi connectivity index (χ0v) is 9.57. The summed E-state index contributed by atoms with van der Waals surface area (Å²) in [4.78, 5) is 11.1. The first-order valence-corrected chi connectivity index (χ1v) is 5.27. The van der Waals surface area contributed by atoms with Gasteiger partial charge in [0.25, 0.3) is 0 Å². The summed E-state index contributed by atoms with van der Waals surface area (Å²) in [5.74, 6) is -0.803. The number of aromatic carboxylic acids is 1. The minimum absolute atomic E-state index is 0.0654. The number of hydrogen-bond donors (Lipinski definition) is 1. The molecule has 0 unspecified atom stereocenters. The lowest BCUT2D eigenvalue weighted by molar-refractivity contribution is 0.0663. The molecular formula is C13H14O3. The van der Waals surface area contributed by atoms with Crippen molar-refractivity contribution < 1.29 is 14.3 Å². The van der Waals surface area contributed by atoms with Crippen LogP contribution in [0, 0.1) is 6.92 Å². The molecule has 0 atom stereocenters. The molecule has 1 N–H and O–H groups in total. The predicted octanol–water partition coefficient (Wildman–Crippen LogP) is 3.56. The predicted molar refractivity (Wildman–Crippen MR) is 62.0 cm³/mol. The molecule has 0 radical (unpaired) electrons. The Hall–Kier alpha value is -1.77. The maximum absolute atomic E-state index is 11.1. The topological polar surface area (TPSA) is 50.4 Å². The zero-order valence-electron chi connectivity index (χ0n) is 9.57. The van der Waals surface area contributed by atoms with Crippen molar-refractivity contribution in [2.45, 2.75) is 26.7 Å². The van der Waals surface area contributed by atoms with Gasteiger partial charge in [-0.15, -0.1) is 0 Å². The summed E-state index contributed by atoms with van der Waals surface area (Å²) >= 11 is 0. The van der Waals surface area contributed by atoms with E-state index in [4.69, 9.17) is 9.52 Å². The van der Waals surface area contributed by atoms with E-state index in [-0.39, 0.29) is 11.7 Å². The van der Waals surface area contributed by atoms with Crippen LogP contribution in [-0.2, 0) is 0 Å². The monoisotopic (exact) mass is 218 g/mol. The normalized spacial score (nSPS) is 11.2. The van der Waals surface area contributed by atoms with Crippen molar-refractivity contribution in [2.75, 3.05) is 0 Å². The lowest BCUT2D eigenvalue weighted by Crippen LogP contribution is -2.00. The van der Waals surface area contributed by atoms with E-state index in [1.165, 1.54) is 0 Å². The van der Waals surface area contributed by atoms with Crippen molar-refractivity contribution in [3.8, 4) is 0 Å². The van der Waals surface area contributed by atoms with Crippen LogP contribution < -0.4 is 0 Å². The summed E-state index contributed by atoms with van der Waals surface area (Å²) in [6.45, 7) is 5.93. The highest BCUT2D eigenvalue weighted by Crippen LogP contribution is 2.32. The number of furan rings is 1. The molecule has 0 saturated heterocycles. The van der Waals surface area contributed by atoms with Crippen LogP contribution in [0.5, 0.6) is 0 Å². The average molecular weight is 218 g/mol. The summed E-state index contributed by atoms with van der Waals surface area (Å²) in [7, 11) is 0. The molecule has 2 aromatic rings. The van der Waals surface area contributed by atoms with Gasteiger partial charge in [-0.2, -0.15) is 0 Å². The van der Waals surface area contributed by atoms with Crippen molar-refractivity contribution in [3.05, 3.63) is 35.1 Å². The minimum Gasteiger partial charge on any atom is -0.475 e. The smallest absolute Gasteiger partial charge is 0.372 e. The molecule has 0 aliphatic rings. The molecule has 3 heteroatoms. The average Bonchev–Trinajstić information content (AvgIpc) is 2.55.